The van der Waals surface area contributed by atoms with Crippen LogP contribution in [0.2, 0.25) is 0 Å². The number of nitrogens with zero attached hydrogens (tertiary/aromatic N) is 1. The molecule has 0 fully saturated rings. The number of hydrogen-bond donors (Lipinski definition) is 0. The Labute approximate surface area is 122 Å². The quantitative estimate of drug-likeness (QED) is 0.495. The van der Waals surface area contributed by atoms with Crippen LogP contribution in [0.4, 0.5) is 0 Å². The summed E-state index contributed by atoms with van der Waals surface area (Å²) < 4.78 is 11.4. The number of rotatable bonds is 2. The highest BCUT2D eigenvalue weighted by Gasteiger charge is 2.14. The molecule has 2 aromatic carbocycles. The normalized spacial score (nSPS) is 11.8. The zero-order chi connectivity index (χ0) is 14.4. The molecule has 4 rings (SSSR count). The van der Waals surface area contributed by atoms with E-state index in [0.717, 1.165) is 22.1 Å². The van der Waals surface area contributed by atoms with E-state index in [9.17, 15) is 0 Å². The van der Waals surface area contributed by atoms with Crippen molar-refractivity contribution in [1.82, 2.24) is 4.98 Å². The first-order chi connectivity index (χ1) is 10.2. The molecule has 0 N–H and O–H groups in total. The average molecular weight is 277 g/mol. The van der Waals surface area contributed by atoms with Gasteiger partial charge in [0.05, 0.1) is 6.20 Å². The Hall–Kier alpha value is -2.55. The highest BCUT2D eigenvalue weighted by atomic mass is 16.3. The van der Waals surface area contributed by atoms with E-state index in [1.54, 1.807) is 12.5 Å². The zero-order valence-electron chi connectivity index (χ0n) is 12.0. The van der Waals surface area contributed by atoms with Crippen molar-refractivity contribution < 1.29 is 8.83 Å². The first-order valence-electron chi connectivity index (χ1n) is 7.09. The monoisotopic (exact) mass is 277 g/mol. The Morgan fingerprint density at radius 1 is 1.05 bits per heavy atom. The molecule has 0 aliphatic heterocycles. The number of aromatic nitrogens is 1. The summed E-state index contributed by atoms with van der Waals surface area (Å²) >= 11 is 0. The minimum Gasteiger partial charge on any atom is -0.456 e. The number of hydrogen-bond acceptors (Lipinski definition) is 3. The van der Waals surface area contributed by atoms with Crippen molar-refractivity contribution in [1.29, 1.82) is 0 Å². The summed E-state index contributed by atoms with van der Waals surface area (Å²) in [6, 6.07) is 12.4. The van der Waals surface area contributed by atoms with Gasteiger partial charge in [0.15, 0.2) is 0 Å². The van der Waals surface area contributed by atoms with Gasteiger partial charge in [-0.3, -0.25) is 0 Å². The largest absolute Gasteiger partial charge is 0.456 e. The number of oxazole rings is 1. The van der Waals surface area contributed by atoms with Crippen molar-refractivity contribution >= 4 is 21.9 Å². The predicted molar refractivity (Wildman–Crippen MR) is 83.3 cm³/mol. The third kappa shape index (κ3) is 1.85. The van der Waals surface area contributed by atoms with Crippen molar-refractivity contribution in [2.24, 2.45) is 0 Å². The van der Waals surface area contributed by atoms with Gasteiger partial charge in [-0.25, -0.2) is 4.98 Å². The van der Waals surface area contributed by atoms with E-state index in [0.29, 0.717) is 11.8 Å². The molecule has 3 nitrogen and oxygen atoms in total. The fourth-order valence-corrected chi connectivity index (χ4v) is 2.83. The standard InChI is InChI=1S/C18H15NO2/c1-11(2)13-4-3-5-15-17(13)14-7-6-12(10-16(14)21-15)18-19-8-9-20-18/h3-11H,1-2H3. The average Bonchev–Trinajstić information content (AvgIpc) is 3.13. The number of furan rings is 1. The molecule has 0 saturated carbocycles. The van der Waals surface area contributed by atoms with Gasteiger partial charge in [0.1, 0.15) is 17.4 Å². The number of benzene rings is 2. The van der Waals surface area contributed by atoms with Crippen LogP contribution in [0.1, 0.15) is 25.3 Å². The van der Waals surface area contributed by atoms with Crippen molar-refractivity contribution in [3.63, 3.8) is 0 Å². The molecule has 0 spiro atoms. The van der Waals surface area contributed by atoms with Gasteiger partial charge in [0.2, 0.25) is 5.89 Å². The van der Waals surface area contributed by atoms with Crippen molar-refractivity contribution in [2.45, 2.75) is 19.8 Å². The van der Waals surface area contributed by atoms with E-state index in [4.69, 9.17) is 8.83 Å². The van der Waals surface area contributed by atoms with Crippen LogP contribution >= 0.6 is 0 Å². The van der Waals surface area contributed by atoms with Gasteiger partial charge >= 0.3 is 0 Å². The first-order valence-corrected chi connectivity index (χ1v) is 7.09. The lowest BCUT2D eigenvalue weighted by Gasteiger charge is -2.06. The zero-order valence-corrected chi connectivity index (χ0v) is 12.0. The smallest absolute Gasteiger partial charge is 0.225 e. The highest BCUT2D eigenvalue weighted by molar-refractivity contribution is 6.07. The topological polar surface area (TPSA) is 39.2 Å². The summed E-state index contributed by atoms with van der Waals surface area (Å²) in [4.78, 5) is 4.18. The van der Waals surface area contributed by atoms with Crippen molar-refractivity contribution in [3.05, 3.63) is 54.4 Å². The molecule has 2 aromatic heterocycles. The van der Waals surface area contributed by atoms with Crippen LogP contribution in [0.5, 0.6) is 0 Å². The lowest BCUT2D eigenvalue weighted by atomic mass is 9.97. The fraction of sp³-hybridized carbons (Fsp3) is 0.167. The summed E-state index contributed by atoms with van der Waals surface area (Å²) in [5, 5.41) is 2.35. The van der Waals surface area contributed by atoms with Gasteiger partial charge < -0.3 is 8.83 Å². The molecule has 0 aliphatic rings. The summed E-state index contributed by atoms with van der Waals surface area (Å²) in [6.07, 6.45) is 3.23. The molecule has 0 amide bonds. The maximum Gasteiger partial charge on any atom is 0.225 e. The van der Waals surface area contributed by atoms with Gasteiger partial charge in [-0.1, -0.05) is 26.0 Å². The van der Waals surface area contributed by atoms with E-state index in [1.165, 1.54) is 10.9 Å². The lowest BCUT2D eigenvalue weighted by molar-refractivity contribution is 0.574. The molecule has 0 radical (unpaired) electrons. The summed E-state index contributed by atoms with van der Waals surface area (Å²) in [5.74, 6) is 1.07. The molecule has 0 unspecified atom stereocenters. The maximum atomic E-state index is 6.01. The predicted octanol–water partition coefficient (Wildman–Crippen LogP) is 5.36. The van der Waals surface area contributed by atoms with Crippen LogP contribution in [-0.2, 0) is 0 Å². The third-order valence-corrected chi connectivity index (χ3v) is 3.83. The van der Waals surface area contributed by atoms with Gasteiger partial charge in [-0.05, 0) is 35.7 Å². The van der Waals surface area contributed by atoms with Gasteiger partial charge in [-0.2, -0.15) is 0 Å². The second-order valence-electron chi connectivity index (χ2n) is 5.53. The summed E-state index contributed by atoms with van der Waals surface area (Å²) in [7, 11) is 0. The second-order valence-corrected chi connectivity index (χ2v) is 5.53. The summed E-state index contributed by atoms with van der Waals surface area (Å²) in [6.45, 7) is 4.41. The van der Waals surface area contributed by atoms with Crippen LogP contribution < -0.4 is 0 Å². The van der Waals surface area contributed by atoms with Crippen LogP contribution in [0.25, 0.3) is 33.4 Å². The Bertz CT molecular complexity index is 917. The molecule has 0 atom stereocenters. The second kappa shape index (κ2) is 4.48. The van der Waals surface area contributed by atoms with Crippen molar-refractivity contribution in [2.75, 3.05) is 0 Å². The Kier molecular flexibility index (Phi) is 2.61. The Balaban J connectivity index is 2.02. The lowest BCUT2D eigenvalue weighted by Crippen LogP contribution is -1.87. The highest BCUT2D eigenvalue weighted by Crippen LogP contribution is 2.36. The molecule has 0 aliphatic carbocycles. The molecular weight excluding hydrogens is 262 g/mol. The third-order valence-electron chi connectivity index (χ3n) is 3.83. The minimum atomic E-state index is 0.459. The summed E-state index contributed by atoms with van der Waals surface area (Å²) in [5.41, 5.74) is 4.04. The molecule has 21 heavy (non-hydrogen) atoms. The molecule has 104 valence electrons. The van der Waals surface area contributed by atoms with Gasteiger partial charge in [0.25, 0.3) is 0 Å². The maximum absolute atomic E-state index is 6.01. The van der Waals surface area contributed by atoms with Gasteiger partial charge in [-0.15, -0.1) is 0 Å². The van der Waals surface area contributed by atoms with E-state index >= 15 is 0 Å². The molecule has 2 heterocycles. The van der Waals surface area contributed by atoms with Crippen LogP contribution in [0, 0.1) is 0 Å². The van der Waals surface area contributed by atoms with E-state index in [-0.39, 0.29) is 0 Å². The van der Waals surface area contributed by atoms with Crippen molar-refractivity contribution in [3.8, 4) is 11.5 Å². The SMILES string of the molecule is CC(C)c1cccc2oc3cc(-c4ncco4)ccc3c12. The molecule has 0 saturated heterocycles. The van der Waals surface area contributed by atoms with Crippen LogP contribution in [0.15, 0.2) is 57.7 Å². The molecule has 0 bridgehead atoms. The fourth-order valence-electron chi connectivity index (χ4n) is 2.83. The van der Waals surface area contributed by atoms with Crippen LogP contribution in [0.3, 0.4) is 0 Å². The molecule has 3 heteroatoms. The Morgan fingerprint density at radius 2 is 1.95 bits per heavy atom. The molecular formula is C18H15NO2. The minimum absolute atomic E-state index is 0.459. The van der Waals surface area contributed by atoms with E-state index in [1.807, 2.05) is 18.2 Å². The Morgan fingerprint density at radius 3 is 2.71 bits per heavy atom. The van der Waals surface area contributed by atoms with Crippen LogP contribution in [-0.4, -0.2) is 4.98 Å². The van der Waals surface area contributed by atoms with Gasteiger partial charge in [0, 0.05) is 16.3 Å². The van der Waals surface area contributed by atoms with E-state index < -0.39 is 0 Å². The number of fused-ring (bicyclic) bond motifs is 3. The molecule has 4 aromatic rings. The first kappa shape index (κ1) is 12.2. The van der Waals surface area contributed by atoms with E-state index in [2.05, 4.69) is 37.0 Å².